The SMILES string of the molecule is Cn1nnc2cc(-c3cnoc3N)ccc21. The van der Waals surface area contributed by atoms with E-state index in [1.807, 2.05) is 25.2 Å². The first-order valence-electron chi connectivity index (χ1n) is 4.75. The van der Waals surface area contributed by atoms with Crippen molar-refractivity contribution >= 4 is 16.9 Å². The molecule has 0 bridgehead atoms. The van der Waals surface area contributed by atoms with Crippen molar-refractivity contribution in [3.8, 4) is 11.1 Å². The molecule has 0 unspecified atom stereocenters. The average Bonchev–Trinajstić information content (AvgIpc) is 2.86. The van der Waals surface area contributed by atoms with Crippen molar-refractivity contribution in [2.24, 2.45) is 7.05 Å². The second kappa shape index (κ2) is 3.06. The van der Waals surface area contributed by atoms with Gasteiger partial charge in [-0.15, -0.1) is 5.10 Å². The fraction of sp³-hybridized carbons (Fsp3) is 0.100. The molecule has 0 fully saturated rings. The van der Waals surface area contributed by atoms with Crippen LogP contribution in [0.4, 0.5) is 5.88 Å². The van der Waals surface area contributed by atoms with Gasteiger partial charge in [0.2, 0.25) is 5.88 Å². The van der Waals surface area contributed by atoms with Crippen LogP contribution in [0, 0.1) is 0 Å². The van der Waals surface area contributed by atoms with Gasteiger partial charge in [-0.05, 0) is 17.7 Å². The van der Waals surface area contributed by atoms with Gasteiger partial charge in [0.1, 0.15) is 5.52 Å². The number of benzene rings is 1. The van der Waals surface area contributed by atoms with Crippen LogP contribution in [-0.4, -0.2) is 20.2 Å². The first-order chi connectivity index (χ1) is 7.75. The van der Waals surface area contributed by atoms with Crippen LogP contribution in [-0.2, 0) is 7.05 Å². The molecule has 6 nitrogen and oxygen atoms in total. The molecule has 2 heterocycles. The Kier molecular flexibility index (Phi) is 1.70. The van der Waals surface area contributed by atoms with Gasteiger partial charge < -0.3 is 10.3 Å². The van der Waals surface area contributed by atoms with Crippen LogP contribution in [0.3, 0.4) is 0 Å². The van der Waals surface area contributed by atoms with Crippen LogP contribution < -0.4 is 5.73 Å². The van der Waals surface area contributed by atoms with Gasteiger partial charge in [0.25, 0.3) is 0 Å². The average molecular weight is 215 g/mol. The number of rotatable bonds is 1. The van der Waals surface area contributed by atoms with Crippen LogP contribution in [0.25, 0.3) is 22.2 Å². The van der Waals surface area contributed by atoms with Crippen molar-refractivity contribution in [1.82, 2.24) is 20.2 Å². The molecule has 3 aromatic rings. The maximum atomic E-state index is 5.65. The van der Waals surface area contributed by atoms with E-state index in [1.54, 1.807) is 10.9 Å². The van der Waals surface area contributed by atoms with Gasteiger partial charge in [0.15, 0.2) is 0 Å². The van der Waals surface area contributed by atoms with Gasteiger partial charge in [0, 0.05) is 7.05 Å². The highest BCUT2D eigenvalue weighted by atomic mass is 16.5. The summed E-state index contributed by atoms with van der Waals surface area (Å²) in [5.74, 6) is 0.309. The summed E-state index contributed by atoms with van der Waals surface area (Å²) in [6, 6.07) is 5.79. The minimum absolute atomic E-state index is 0.309. The predicted molar refractivity (Wildman–Crippen MR) is 58.4 cm³/mol. The van der Waals surface area contributed by atoms with E-state index in [9.17, 15) is 0 Å². The summed E-state index contributed by atoms with van der Waals surface area (Å²) in [4.78, 5) is 0. The minimum Gasteiger partial charge on any atom is -0.367 e. The summed E-state index contributed by atoms with van der Waals surface area (Å²) < 4.78 is 6.54. The quantitative estimate of drug-likeness (QED) is 0.659. The first kappa shape index (κ1) is 8.90. The van der Waals surface area contributed by atoms with Crippen molar-refractivity contribution in [1.29, 1.82) is 0 Å². The molecule has 2 aromatic heterocycles. The number of nitrogens with zero attached hydrogens (tertiary/aromatic N) is 4. The summed E-state index contributed by atoms with van der Waals surface area (Å²) >= 11 is 0. The number of aryl methyl sites for hydroxylation is 1. The van der Waals surface area contributed by atoms with Gasteiger partial charge in [-0.2, -0.15) is 0 Å². The molecule has 0 atom stereocenters. The van der Waals surface area contributed by atoms with Crippen molar-refractivity contribution in [3.63, 3.8) is 0 Å². The number of hydrogen-bond donors (Lipinski definition) is 1. The van der Waals surface area contributed by atoms with E-state index in [-0.39, 0.29) is 0 Å². The van der Waals surface area contributed by atoms with Crippen molar-refractivity contribution in [2.45, 2.75) is 0 Å². The molecule has 0 saturated heterocycles. The highest BCUT2D eigenvalue weighted by Crippen LogP contribution is 2.27. The first-order valence-corrected chi connectivity index (χ1v) is 4.75. The van der Waals surface area contributed by atoms with E-state index in [0.29, 0.717) is 5.88 Å². The molecule has 0 aliphatic rings. The van der Waals surface area contributed by atoms with Gasteiger partial charge in [0.05, 0.1) is 17.3 Å². The monoisotopic (exact) mass is 215 g/mol. The molecule has 1 aromatic carbocycles. The molecule has 3 rings (SSSR count). The third-order valence-corrected chi connectivity index (χ3v) is 2.52. The second-order valence-corrected chi connectivity index (χ2v) is 3.52. The standard InChI is InChI=1S/C10H9N5O/c1-15-9-3-2-6(4-8(9)13-14-15)7-5-12-16-10(7)11/h2-5H,11H2,1H3. The number of nitrogens with two attached hydrogens (primary N) is 1. The predicted octanol–water partition coefficient (Wildman–Crippen LogP) is 1.21. The highest BCUT2D eigenvalue weighted by molar-refractivity contribution is 5.83. The Labute approximate surface area is 90.6 Å². The lowest BCUT2D eigenvalue weighted by molar-refractivity contribution is 0.436. The van der Waals surface area contributed by atoms with Crippen LogP contribution in [0.5, 0.6) is 0 Å². The highest BCUT2D eigenvalue weighted by Gasteiger charge is 2.09. The van der Waals surface area contributed by atoms with Crippen LogP contribution in [0.15, 0.2) is 28.9 Å². The molecular weight excluding hydrogens is 206 g/mol. The largest absolute Gasteiger partial charge is 0.367 e. The number of anilines is 1. The molecule has 0 radical (unpaired) electrons. The molecule has 16 heavy (non-hydrogen) atoms. The van der Waals surface area contributed by atoms with Crippen LogP contribution in [0.2, 0.25) is 0 Å². The Morgan fingerprint density at radius 1 is 1.38 bits per heavy atom. The molecule has 0 saturated carbocycles. The summed E-state index contributed by atoms with van der Waals surface area (Å²) in [6.07, 6.45) is 1.59. The Balaban J connectivity index is 2.23. The van der Waals surface area contributed by atoms with Crippen molar-refractivity contribution < 1.29 is 4.52 Å². The number of hydrogen-bond acceptors (Lipinski definition) is 5. The third kappa shape index (κ3) is 1.16. The zero-order valence-electron chi connectivity index (χ0n) is 8.58. The number of aromatic nitrogens is 4. The van der Waals surface area contributed by atoms with Crippen molar-refractivity contribution in [3.05, 3.63) is 24.4 Å². The van der Waals surface area contributed by atoms with E-state index < -0.39 is 0 Å². The topological polar surface area (TPSA) is 82.8 Å². The molecule has 0 aliphatic heterocycles. The lowest BCUT2D eigenvalue weighted by Crippen LogP contribution is -1.89. The Morgan fingerprint density at radius 2 is 2.25 bits per heavy atom. The normalized spacial score (nSPS) is 11.1. The smallest absolute Gasteiger partial charge is 0.229 e. The van der Waals surface area contributed by atoms with E-state index in [0.717, 1.165) is 22.2 Å². The summed E-state index contributed by atoms with van der Waals surface area (Å²) in [6.45, 7) is 0. The van der Waals surface area contributed by atoms with Gasteiger partial charge in [-0.25, -0.2) is 4.68 Å². The zero-order chi connectivity index (χ0) is 11.1. The maximum Gasteiger partial charge on any atom is 0.229 e. The summed E-state index contributed by atoms with van der Waals surface area (Å²) in [5, 5.41) is 11.6. The zero-order valence-corrected chi connectivity index (χ0v) is 8.58. The van der Waals surface area contributed by atoms with E-state index >= 15 is 0 Å². The molecular formula is C10H9N5O. The van der Waals surface area contributed by atoms with E-state index in [4.69, 9.17) is 10.3 Å². The number of fused-ring (bicyclic) bond motifs is 1. The molecule has 0 amide bonds. The Morgan fingerprint density at radius 3 is 3.00 bits per heavy atom. The lowest BCUT2D eigenvalue weighted by Gasteiger charge is -1.97. The minimum atomic E-state index is 0.309. The van der Waals surface area contributed by atoms with Crippen LogP contribution >= 0.6 is 0 Å². The molecule has 6 heteroatoms. The molecule has 0 spiro atoms. The summed E-state index contributed by atoms with van der Waals surface area (Å²) in [7, 11) is 1.85. The van der Waals surface area contributed by atoms with Gasteiger partial charge >= 0.3 is 0 Å². The van der Waals surface area contributed by atoms with E-state index in [1.165, 1.54) is 0 Å². The van der Waals surface area contributed by atoms with Gasteiger partial charge in [-0.3, -0.25) is 0 Å². The fourth-order valence-corrected chi connectivity index (χ4v) is 1.67. The lowest BCUT2D eigenvalue weighted by atomic mass is 10.1. The molecule has 80 valence electrons. The Bertz CT molecular complexity index is 654. The maximum absolute atomic E-state index is 5.65. The van der Waals surface area contributed by atoms with Crippen LogP contribution in [0.1, 0.15) is 0 Å². The molecule has 2 N–H and O–H groups in total. The number of nitrogen functional groups attached to an aromatic ring is 1. The van der Waals surface area contributed by atoms with Crippen molar-refractivity contribution in [2.75, 3.05) is 5.73 Å². The van der Waals surface area contributed by atoms with E-state index in [2.05, 4.69) is 15.5 Å². The second-order valence-electron chi connectivity index (χ2n) is 3.52. The molecule has 0 aliphatic carbocycles. The van der Waals surface area contributed by atoms with Gasteiger partial charge in [-0.1, -0.05) is 16.4 Å². The Hall–Kier alpha value is -2.37. The summed E-state index contributed by atoms with van der Waals surface area (Å²) in [5.41, 5.74) is 9.14. The fourth-order valence-electron chi connectivity index (χ4n) is 1.67. The third-order valence-electron chi connectivity index (χ3n) is 2.52.